The Morgan fingerprint density at radius 3 is 1.93 bits per heavy atom. The van der Waals surface area contributed by atoms with Crippen LogP contribution in [0.5, 0.6) is 0 Å². The summed E-state index contributed by atoms with van der Waals surface area (Å²) in [6.45, 7) is 4.71. The number of aromatic nitrogens is 1. The highest BCUT2D eigenvalue weighted by Gasteiger charge is 2.36. The van der Waals surface area contributed by atoms with Crippen LogP contribution in [0.3, 0.4) is 0 Å². The van der Waals surface area contributed by atoms with Crippen molar-refractivity contribution in [3.63, 3.8) is 0 Å². The Bertz CT molecular complexity index is 3120. The summed E-state index contributed by atoms with van der Waals surface area (Å²) < 4.78 is 6.67. The number of hydrogen-bond donors (Lipinski definition) is 0. The Kier molecular flexibility index (Phi) is 6.90. The second-order valence-electron chi connectivity index (χ2n) is 15.1. The van der Waals surface area contributed by atoms with Crippen LogP contribution in [0.15, 0.2) is 186 Å². The van der Waals surface area contributed by atoms with Crippen LogP contribution in [0, 0.1) is 0 Å². The smallest absolute Gasteiger partial charge is 0.227 e. The predicted octanol–water partition coefficient (Wildman–Crippen LogP) is 14.4. The van der Waals surface area contributed by atoms with Gasteiger partial charge in [0.25, 0.3) is 0 Å². The van der Waals surface area contributed by atoms with E-state index in [4.69, 9.17) is 9.40 Å². The second kappa shape index (κ2) is 12.0. The first-order valence-electron chi connectivity index (χ1n) is 19.0. The van der Waals surface area contributed by atoms with Gasteiger partial charge in [0, 0.05) is 38.4 Å². The fraction of sp³-hybridized carbons (Fsp3) is 0.0577. The van der Waals surface area contributed by atoms with Crippen molar-refractivity contribution in [1.82, 2.24) is 4.98 Å². The molecule has 3 nitrogen and oxygen atoms in total. The number of rotatable bonds is 5. The van der Waals surface area contributed by atoms with Gasteiger partial charge in [-0.2, -0.15) is 0 Å². The first-order valence-corrected chi connectivity index (χ1v) is 19.0. The van der Waals surface area contributed by atoms with E-state index in [0.29, 0.717) is 5.89 Å². The molecular formula is C52H36N2O. The number of nitrogens with zero attached hydrogens (tertiary/aromatic N) is 2. The van der Waals surface area contributed by atoms with E-state index >= 15 is 0 Å². The Hall–Kier alpha value is -6.97. The van der Waals surface area contributed by atoms with Crippen LogP contribution in [0.1, 0.15) is 25.0 Å². The van der Waals surface area contributed by atoms with Gasteiger partial charge in [-0.1, -0.05) is 153 Å². The minimum absolute atomic E-state index is 0.137. The van der Waals surface area contributed by atoms with Crippen molar-refractivity contribution in [2.45, 2.75) is 19.3 Å². The molecule has 0 N–H and O–H groups in total. The van der Waals surface area contributed by atoms with E-state index in [-0.39, 0.29) is 5.41 Å². The molecule has 10 aromatic rings. The molecule has 55 heavy (non-hydrogen) atoms. The molecule has 1 aliphatic rings. The molecule has 9 aromatic carbocycles. The van der Waals surface area contributed by atoms with Crippen LogP contribution in [0.2, 0.25) is 0 Å². The topological polar surface area (TPSA) is 29.3 Å². The monoisotopic (exact) mass is 704 g/mol. The third kappa shape index (κ3) is 4.79. The van der Waals surface area contributed by atoms with E-state index < -0.39 is 0 Å². The molecular weight excluding hydrogens is 669 g/mol. The minimum atomic E-state index is -0.137. The molecule has 0 atom stereocenters. The summed E-state index contributed by atoms with van der Waals surface area (Å²) in [5.41, 5.74) is 13.5. The normalized spacial score (nSPS) is 13.1. The largest absolute Gasteiger partial charge is 0.435 e. The number of hydrogen-bond acceptors (Lipinski definition) is 3. The van der Waals surface area contributed by atoms with E-state index in [1.807, 2.05) is 30.3 Å². The summed E-state index contributed by atoms with van der Waals surface area (Å²) in [5, 5.41) is 6.87. The molecule has 0 amide bonds. The van der Waals surface area contributed by atoms with Crippen molar-refractivity contribution in [1.29, 1.82) is 0 Å². The van der Waals surface area contributed by atoms with Gasteiger partial charge in [0.15, 0.2) is 5.58 Å². The van der Waals surface area contributed by atoms with Crippen molar-refractivity contribution in [2.24, 2.45) is 0 Å². The lowest BCUT2D eigenvalue weighted by Crippen LogP contribution is -2.17. The molecule has 0 saturated carbocycles. The lowest BCUT2D eigenvalue weighted by atomic mass is 9.82. The van der Waals surface area contributed by atoms with Crippen LogP contribution >= 0.6 is 0 Å². The first kappa shape index (κ1) is 31.5. The maximum absolute atomic E-state index is 6.67. The van der Waals surface area contributed by atoms with Gasteiger partial charge in [0.2, 0.25) is 5.89 Å². The molecule has 0 saturated heterocycles. The molecule has 0 spiro atoms. The van der Waals surface area contributed by atoms with E-state index in [0.717, 1.165) is 55.3 Å². The van der Waals surface area contributed by atoms with E-state index in [9.17, 15) is 0 Å². The third-order valence-corrected chi connectivity index (χ3v) is 11.7. The Balaban J connectivity index is 1.20. The highest BCUT2D eigenvalue weighted by atomic mass is 16.3. The summed E-state index contributed by atoms with van der Waals surface area (Å²) in [7, 11) is 0. The number of fused-ring (bicyclic) bond motifs is 10. The zero-order valence-electron chi connectivity index (χ0n) is 30.6. The lowest BCUT2D eigenvalue weighted by molar-refractivity contribution is 0.623. The molecule has 0 radical (unpaired) electrons. The average Bonchev–Trinajstić information content (AvgIpc) is 3.78. The highest BCUT2D eigenvalue weighted by molar-refractivity contribution is 6.27. The SMILES string of the molecule is CC1(C)c2ccccc2-c2ccc(N(c3ccccc3-c3ccccc3)c3cccc4c3ccc3ccc5ccc6nc(-c7ccccc7)oc6c5c34)cc21. The summed E-state index contributed by atoms with van der Waals surface area (Å²) in [4.78, 5) is 7.43. The maximum atomic E-state index is 6.67. The van der Waals surface area contributed by atoms with Crippen LogP contribution in [-0.4, -0.2) is 4.98 Å². The standard InChI is InChI=1S/C52H36N2O/c1-52(2)43-21-11-9-19-39(43)40-30-28-37(32-44(40)52)54(46-22-12-10-18-38(46)33-14-5-3-6-15-33)47-23-13-20-42-41(47)29-26-34-24-25-35-27-31-45-50(49(35)48(34)42)55-51(53-45)36-16-7-4-8-17-36/h3-32H,1-2H3. The van der Waals surface area contributed by atoms with Crippen molar-refractivity contribution in [2.75, 3.05) is 4.90 Å². The molecule has 260 valence electrons. The quantitative estimate of drug-likeness (QED) is 0.167. The van der Waals surface area contributed by atoms with Crippen molar-refractivity contribution in [3.05, 3.63) is 193 Å². The van der Waals surface area contributed by atoms with Crippen molar-refractivity contribution < 1.29 is 4.42 Å². The molecule has 11 rings (SSSR count). The van der Waals surface area contributed by atoms with Crippen LogP contribution in [0.4, 0.5) is 17.1 Å². The second-order valence-corrected chi connectivity index (χ2v) is 15.1. The average molecular weight is 705 g/mol. The fourth-order valence-corrected chi connectivity index (χ4v) is 9.03. The molecule has 0 aliphatic heterocycles. The summed E-state index contributed by atoms with van der Waals surface area (Å²) in [6, 6.07) is 65.6. The van der Waals surface area contributed by atoms with E-state index in [2.05, 4.69) is 170 Å². The fourth-order valence-electron chi connectivity index (χ4n) is 9.03. The van der Waals surface area contributed by atoms with Crippen LogP contribution in [0.25, 0.3) is 77.1 Å². The van der Waals surface area contributed by atoms with Crippen molar-refractivity contribution >= 4 is 60.5 Å². The van der Waals surface area contributed by atoms with Gasteiger partial charge >= 0.3 is 0 Å². The molecule has 0 unspecified atom stereocenters. The zero-order valence-corrected chi connectivity index (χ0v) is 30.6. The Morgan fingerprint density at radius 2 is 1.11 bits per heavy atom. The van der Waals surface area contributed by atoms with Crippen molar-refractivity contribution in [3.8, 4) is 33.7 Å². The predicted molar refractivity (Wildman–Crippen MR) is 230 cm³/mol. The maximum Gasteiger partial charge on any atom is 0.227 e. The highest BCUT2D eigenvalue weighted by Crippen LogP contribution is 2.52. The first-order chi connectivity index (χ1) is 27.0. The zero-order chi connectivity index (χ0) is 36.7. The summed E-state index contributed by atoms with van der Waals surface area (Å²) in [6.07, 6.45) is 0. The number of benzene rings is 9. The van der Waals surface area contributed by atoms with Gasteiger partial charge in [-0.25, -0.2) is 4.98 Å². The molecule has 3 heteroatoms. The number of anilines is 3. The van der Waals surface area contributed by atoms with E-state index in [1.54, 1.807) is 0 Å². The van der Waals surface area contributed by atoms with E-state index in [1.165, 1.54) is 44.2 Å². The van der Waals surface area contributed by atoms with Gasteiger partial charge in [-0.05, 0) is 86.4 Å². The van der Waals surface area contributed by atoms with Gasteiger partial charge in [0.05, 0.1) is 11.4 Å². The molecule has 0 bridgehead atoms. The Labute approximate surface area is 319 Å². The van der Waals surface area contributed by atoms with Gasteiger partial charge < -0.3 is 9.32 Å². The van der Waals surface area contributed by atoms with Crippen LogP contribution < -0.4 is 4.90 Å². The van der Waals surface area contributed by atoms with Crippen LogP contribution in [-0.2, 0) is 5.41 Å². The summed E-state index contributed by atoms with van der Waals surface area (Å²) in [5.74, 6) is 0.631. The summed E-state index contributed by atoms with van der Waals surface area (Å²) >= 11 is 0. The molecule has 0 fully saturated rings. The number of para-hydroxylation sites is 1. The minimum Gasteiger partial charge on any atom is -0.435 e. The van der Waals surface area contributed by atoms with Gasteiger partial charge in [-0.3, -0.25) is 0 Å². The lowest BCUT2D eigenvalue weighted by Gasteiger charge is -2.31. The molecule has 1 heterocycles. The molecule has 1 aromatic heterocycles. The Morgan fingerprint density at radius 1 is 0.473 bits per heavy atom. The van der Waals surface area contributed by atoms with Gasteiger partial charge in [0.1, 0.15) is 5.52 Å². The van der Waals surface area contributed by atoms with Gasteiger partial charge in [-0.15, -0.1) is 0 Å². The third-order valence-electron chi connectivity index (χ3n) is 11.7. The number of oxazole rings is 1. The molecule has 1 aliphatic carbocycles.